The Labute approximate surface area is 264 Å². The van der Waals surface area contributed by atoms with Crippen molar-refractivity contribution in [3.8, 4) is 0 Å². The number of hydrogen-bond acceptors (Lipinski definition) is 8. The molecule has 13 atom stereocenters. The molecule has 0 aromatic rings. The highest BCUT2D eigenvalue weighted by molar-refractivity contribution is 5.86. The first-order valence-corrected chi connectivity index (χ1v) is 17.3. The van der Waals surface area contributed by atoms with Crippen LogP contribution in [0.2, 0.25) is 0 Å². The van der Waals surface area contributed by atoms with Crippen LogP contribution in [0.1, 0.15) is 120 Å². The van der Waals surface area contributed by atoms with E-state index in [0.29, 0.717) is 24.7 Å². The van der Waals surface area contributed by atoms with Gasteiger partial charge in [-0.2, -0.15) is 0 Å². The number of allylic oxidation sites excluding steroid dienone is 2. The zero-order chi connectivity index (χ0) is 32.6. The lowest BCUT2D eigenvalue weighted by Gasteiger charge is -2.54. The highest BCUT2D eigenvalue weighted by Gasteiger charge is 2.58. The van der Waals surface area contributed by atoms with Gasteiger partial charge in [-0.15, -0.1) is 0 Å². The molecule has 0 radical (unpaired) electrons. The largest absolute Gasteiger partial charge is 0.390 e. The summed E-state index contributed by atoms with van der Waals surface area (Å²) >= 11 is 0. The third-order valence-electron chi connectivity index (χ3n) is 13.3. The number of fused-ring (bicyclic) bond motifs is 2. The Morgan fingerprint density at radius 2 is 1.55 bits per heavy atom. The van der Waals surface area contributed by atoms with Gasteiger partial charge in [-0.3, -0.25) is 4.79 Å². The van der Waals surface area contributed by atoms with Gasteiger partial charge in [-0.1, -0.05) is 39.3 Å². The predicted molar refractivity (Wildman–Crippen MR) is 168 cm³/mol. The normalized spacial score (nSPS) is 51.8. The van der Waals surface area contributed by atoms with Crippen LogP contribution in [-0.4, -0.2) is 79.8 Å². The molecule has 0 amide bonds. The molecule has 3 aliphatic carbocycles. The van der Waals surface area contributed by atoms with Crippen molar-refractivity contribution >= 4 is 5.78 Å². The second kappa shape index (κ2) is 11.7. The Balaban J connectivity index is 1.39. The maximum absolute atomic E-state index is 13.0. The van der Waals surface area contributed by atoms with Gasteiger partial charge in [0.1, 0.15) is 23.9 Å². The molecule has 0 spiro atoms. The topological polar surface area (TPSA) is 126 Å². The molecule has 5 aliphatic rings. The van der Waals surface area contributed by atoms with Crippen LogP contribution in [0.4, 0.5) is 0 Å². The minimum atomic E-state index is -1.31. The van der Waals surface area contributed by atoms with Crippen LogP contribution < -0.4 is 0 Å². The maximum Gasteiger partial charge on any atom is 0.187 e. The van der Waals surface area contributed by atoms with Crippen LogP contribution in [0.5, 0.6) is 0 Å². The van der Waals surface area contributed by atoms with Crippen molar-refractivity contribution in [3.05, 3.63) is 11.6 Å². The average molecular weight is 621 g/mol. The Hall–Kier alpha value is -0.870. The van der Waals surface area contributed by atoms with Crippen LogP contribution in [0.3, 0.4) is 0 Å². The summed E-state index contributed by atoms with van der Waals surface area (Å²) in [6.45, 7) is 18.8. The lowest BCUT2D eigenvalue weighted by Crippen LogP contribution is -2.59. The van der Waals surface area contributed by atoms with Crippen LogP contribution in [-0.2, 0) is 19.0 Å². The lowest BCUT2D eigenvalue weighted by atomic mass is 9.56. The number of aliphatic hydroxyl groups is 4. The smallest absolute Gasteiger partial charge is 0.187 e. The van der Waals surface area contributed by atoms with Crippen molar-refractivity contribution < 1.29 is 39.4 Å². The van der Waals surface area contributed by atoms with Crippen molar-refractivity contribution in [1.29, 1.82) is 0 Å². The first-order chi connectivity index (χ1) is 20.2. The van der Waals surface area contributed by atoms with E-state index in [4.69, 9.17) is 14.2 Å². The summed E-state index contributed by atoms with van der Waals surface area (Å²) in [6, 6.07) is 0. The van der Waals surface area contributed by atoms with E-state index in [0.717, 1.165) is 44.9 Å². The van der Waals surface area contributed by atoms with Gasteiger partial charge in [0.15, 0.2) is 12.1 Å². The number of carbonyl (C=O) groups excluding carboxylic acids is 1. The SMILES string of the molecule is C[C@@H]1CC[C@@H]2[C@@H](CC[C@@]2(C)O[C@@H]2O[C@@H](C)[C@H](O)[C@@H](O)[C@H]2O)C(C)(C)C1=CC[C@@H]1[C@@]2(C)CCC(=O)C(C)(C)O[C@@H]2CC[C@]1(C)O. The van der Waals surface area contributed by atoms with E-state index in [2.05, 4.69) is 40.7 Å². The molecule has 8 nitrogen and oxygen atoms in total. The fraction of sp³-hybridized carbons (Fsp3) is 0.917. The van der Waals surface area contributed by atoms with Gasteiger partial charge >= 0.3 is 0 Å². The molecule has 2 aliphatic heterocycles. The zero-order valence-electron chi connectivity index (χ0n) is 28.6. The first kappa shape index (κ1) is 34.5. The first-order valence-electron chi connectivity index (χ1n) is 17.3. The van der Waals surface area contributed by atoms with E-state index in [-0.39, 0.29) is 34.6 Å². The number of rotatable bonds is 4. The van der Waals surface area contributed by atoms with E-state index in [1.165, 1.54) is 5.57 Å². The van der Waals surface area contributed by atoms with E-state index >= 15 is 0 Å². The van der Waals surface area contributed by atoms with Crippen LogP contribution in [0, 0.1) is 34.5 Å². The van der Waals surface area contributed by atoms with Crippen LogP contribution in [0.25, 0.3) is 0 Å². The summed E-state index contributed by atoms with van der Waals surface area (Å²) < 4.78 is 19.0. The molecule has 4 N–H and O–H groups in total. The van der Waals surface area contributed by atoms with Gasteiger partial charge in [-0.05, 0) is 115 Å². The molecule has 2 saturated heterocycles. The molecule has 5 fully saturated rings. The van der Waals surface area contributed by atoms with Crippen molar-refractivity contribution in [2.24, 2.45) is 34.5 Å². The second-order valence-electron chi connectivity index (χ2n) is 17.0. The van der Waals surface area contributed by atoms with Crippen LogP contribution in [0.15, 0.2) is 11.6 Å². The van der Waals surface area contributed by atoms with Gasteiger partial charge in [0, 0.05) is 11.8 Å². The van der Waals surface area contributed by atoms with Gasteiger partial charge in [0.2, 0.25) is 0 Å². The van der Waals surface area contributed by atoms with Crippen molar-refractivity contribution in [3.63, 3.8) is 0 Å². The standard InChI is InChI=1S/C36H60O8/c1-20-10-11-24-23(14-19-36(24,9)44-31-30(40)29(39)28(38)21(2)42-31)32(3,4)22(20)12-13-25-34(7)17-15-26(37)33(5,6)43-27(34)16-18-35(25,8)41/h12,20-21,23-25,27-31,38-41H,10-11,13-19H2,1-9H3/t20-,21+,23-,24-,25-,27-,28+,29-,30-,31+,34-,35+,36-/m1/s1. The summed E-state index contributed by atoms with van der Waals surface area (Å²) in [7, 11) is 0. The van der Waals surface area contributed by atoms with Crippen molar-refractivity contribution in [1.82, 2.24) is 0 Å². The fourth-order valence-electron chi connectivity index (χ4n) is 10.3. The van der Waals surface area contributed by atoms with E-state index in [1.54, 1.807) is 6.92 Å². The van der Waals surface area contributed by atoms with Gasteiger partial charge in [-0.25, -0.2) is 0 Å². The molecule has 44 heavy (non-hydrogen) atoms. The number of Topliss-reactive ketones (excluding diaryl/α,β-unsaturated/α-hetero) is 1. The fourth-order valence-corrected chi connectivity index (χ4v) is 10.3. The molecule has 0 bridgehead atoms. The Morgan fingerprint density at radius 3 is 2.23 bits per heavy atom. The van der Waals surface area contributed by atoms with Gasteiger partial charge in [0.05, 0.1) is 23.4 Å². The van der Waals surface area contributed by atoms with Gasteiger partial charge < -0.3 is 34.6 Å². The molecular weight excluding hydrogens is 560 g/mol. The second-order valence-corrected chi connectivity index (χ2v) is 17.0. The Morgan fingerprint density at radius 1 is 0.864 bits per heavy atom. The van der Waals surface area contributed by atoms with Crippen LogP contribution >= 0.6 is 0 Å². The van der Waals surface area contributed by atoms with E-state index in [9.17, 15) is 25.2 Å². The minimum absolute atomic E-state index is 0.0316. The molecule has 252 valence electrons. The third-order valence-corrected chi connectivity index (χ3v) is 13.3. The molecule has 8 heteroatoms. The average Bonchev–Trinajstić information content (AvgIpc) is 3.18. The Bertz CT molecular complexity index is 1110. The lowest BCUT2D eigenvalue weighted by molar-refractivity contribution is -0.323. The number of hydrogen-bond donors (Lipinski definition) is 4. The summed E-state index contributed by atoms with van der Waals surface area (Å²) in [5, 5.41) is 43.1. The Kier molecular flexibility index (Phi) is 9.15. The molecular formula is C36H60O8. The third kappa shape index (κ3) is 5.77. The van der Waals surface area contributed by atoms with Crippen molar-refractivity contribution in [2.45, 2.75) is 174 Å². The summed E-state index contributed by atoms with van der Waals surface area (Å²) in [5.74, 6) is 1.07. The summed E-state index contributed by atoms with van der Waals surface area (Å²) in [5.41, 5.74) is -1.17. The van der Waals surface area contributed by atoms with E-state index < -0.39 is 47.5 Å². The highest BCUT2D eigenvalue weighted by atomic mass is 16.7. The molecule has 0 aromatic carbocycles. The van der Waals surface area contributed by atoms with E-state index in [1.807, 2.05) is 20.8 Å². The monoisotopic (exact) mass is 620 g/mol. The molecule has 2 heterocycles. The molecule has 0 unspecified atom stereocenters. The molecule has 5 rings (SSSR count). The quantitative estimate of drug-likeness (QED) is 0.321. The number of ether oxygens (including phenoxy) is 3. The maximum atomic E-state index is 13.0. The minimum Gasteiger partial charge on any atom is -0.390 e. The summed E-state index contributed by atoms with van der Waals surface area (Å²) in [6.07, 6.45) is 4.10. The zero-order valence-corrected chi connectivity index (χ0v) is 28.6. The summed E-state index contributed by atoms with van der Waals surface area (Å²) in [4.78, 5) is 13.0. The number of ketones is 1. The van der Waals surface area contributed by atoms with Gasteiger partial charge in [0.25, 0.3) is 0 Å². The van der Waals surface area contributed by atoms with Crippen molar-refractivity contribution in [2.75, 3.05) is 0 Å². The number of aliphatic hydroxyl groups excluding tert-OH is 3. The highest BCUT2D eigenvalue weighted by Crippen LogP contribution is 2.60. The number of carbonyl (C=O) groups is 1. The molecule has 0 aromatic heterocycles. The predicted octanol–water partition coefficient (Wildman–Crippen LogP) is 5.08. The molecule has 3 saturated carbocycles.